The van der Waals surface area contributed by atoms with E-state index in [0.29, 0.717) is 33.7 Å². The van der Waals surface area contributed by atoms with Crippen LogP contribution in [0.1, 0.15) is 5.56 Å². The Morgan fingerprint density at radius 3 is 2.28 bits per heavy atom. The quantitative estimate of drug-likeness (QED) is 0.313. The molecule has 156 valence electrons. The fourth-order valence-electron chi connectivity index (χ4n) is 3.33. The molecule has 0 amide bonds. The molecule has 0 aliphatic rings. The van der Waals surface area contributed by atoms with E-state index in [1.54, 1.807) is 41.3 Å². The molecule has 0 saturated heterocycles. The summed E-state index contributed by atoms with van der Waals surface area (Å²) in [6.07, 6.45) is 3.08. The van der Waals surface area contributed by atoms with Crippen LogP contribution in [0.15, 0.2) is 95.4 Å². The van der Waals surface area contributed by atoms with Crippen LogP contribution >= 0.6 is 0 Å². The van der Waals surface area contributed by atoms with Crippen molar-refractivity contribution < 1.29 is 8.78 Å². The normalized spacial score (nSPS) is 11.4. The van der Waals surface area contributed by atoms with Crippen LogP contribution < -0.4 is 0 Å². The highest BCUT2D eigenvalue weighted by Crippen LogP contribution is 2.28. The van der Waals surface area contributed by atoms with Gasteiger partial charge in [0.2, 0.25) is 0 Å². The lowest BCUT2D eigenvalue weighted by atomic mass is 10.2. The first-order valence-corrected chi connectivity index (χ1v) is 9.86. The minimum Gasteiger partial charge on any atom is -0.259 e. The lowest BCUT2D eigenvalue weighted by Gasteiger charge is -2.05. The molecule has 2 heterocycles. The molecular weight excluding hydrogens is 410 g/mol. The molecule has 0 saturated carbocycles. The highest BCUT2D eigenvalue weighted by molar-refractivity contribution is 5.91. The molecule has 0 atom stereocenters. The molecule has 0 aliphatic heterocycles. The number of aromatic nitrogens is 4. The predicted octanol–water partition coefficient (Wildman–Crippen LogP) is 6.24. The van der Waals surface area contributed by atoms with Crippen molar-refractivity contribution >= 4 is 22.3 Å². The summed E-state index contributed by atoms with van der Waals surface area (Å²) in [6.45, 7) is 0.149. The Morgan fingerprint density at radius 2 is 1.50 bits per heavy atom. The molecule has 0 spiro atoms. The van der Waals surface area contributed by atoms with Gasteiger partial charge in [-0.3, -0.25) is 4.68 Å². The average molecular weight is 426 g/mol. The summed E-state index contributed by atoms with van der Waals surface area (Å²) in [4.78, 5) is 8.73. The van der Waals surface area contributed by atoms with Crippen LogP contribution in [-0.4, -0.2) is 19.7 Å². The lowest BCUT2D eigenvalue weighted by molar-refractivity contribution is 0.589. The number of halogens is 2. The molecule has 2 aromatic heterocycles. The van der Waals surface area contributed by atoms with E-state index in [1.807, 2.05) is 30.3 Å². The molecule has 0 unspecified atom stereocenters. The third kappa shape index (κ3) is 3.98. The van der Waals surface area contributed by atoms with Crippen LogP contribution in [0.4, 0.5) is 20.2 Å². The molecule has 0 fully saturated rings. The maximum atomic E-state index is 14.2. The van der Waals surface area contributed by atoms with Crippen molar-refractivity contribution in [2.45, 2.75) is 6.54 Å². The first-order valence-electron chi connectivity index (χ1n) is 9.86. The Hall–Kier alpha value is -4.33. The van der Waals surface area contributed by atoms with Crippen molar-refractivity contribution in [1.82, 2.24) is 19.7 Å². The standard InChI is InChI=1S/C24H16F2N6/c25-17-10-11-20-22(12-17)32(15-16-6-4-5-9-21(16)26)31-23(20)24-27-13-19(14-28-24)30-29-18-7-2-1-3-8-18/h1-14H,15H2. The first-order chi connectivity index (χ1) is 15.7. The third-order valence-electron chi connectivity index (χ3n) is 4.88. The summed E-state index contributed by atoms with van der Waals surface area (Å²) < 4.78 is 29.7. The second-order valence-electron chi connectivity index (χ2n) is 7.06. The molecule has 6 nitrogen and oxygen atoms in total. The summed E-state index contributed by atoms with van der Waals surface area (Å²) in [6, 6.07) is 20.1. The Bertz CT molecular complexity index is 1410. The maximum absolute atomic E-state index is 14.2. The minimum atomic E-state index is -0.406. The predicted molar refractivity (Wildman–Crippen MR) is 117 cm³/mol. The number of fused-ring (bicyclic) bond motifs is 1. The van der Waals surface area contributed by atoms with Gasteiger partial charge in [-0.05, 0) is 36.4 Å². The molecule has 0 aliphatic carbocycles. The minimum absolute atomic E-state index is 0.149. The van der Waals surface area contributed by atoms with Gasteiger partial charge in [0.1, 0.15) is 23.0 Å². The Labute approximate surface area is 181 Å². The van der Waals surface area contributed by atoms with Crippen molar-refractivity contribution in [2.24, 2.45) is 10.2 Å². The maximum Gasteiger partial charge on any atom is 0.180 e. The van der Waals surface area contributed by atoms with Gasteiger partial charge in [-0.1, -0.05) is 36.4 Å². The summed E-state index contributed by atoms with van der Waals surface area (Å²) in [7, 11) is 0. The zero-order valence-electron chi connectivity index (χ0n) is 16.7. The topological polar surface area (TPSA) is 68.3 Å². The second kappa shape index (κ2) is 8.43. The van der Waals surface area contributed by atoms with Gasteiger partial charge in [-0.2, -0.15) is 10.2 Å². The van der Waals surface area contributed by atoms with Crippen molar-refractivity contribution in [3.63, 3.8) is 0 Å². The average Bonchev–Trinajstić information content (AvgIpc) is 3.17. The van der Waals surface area contributed by atoms with Gasteiger partial charge < -0.3 is 0 Å². The van der Waals surface area contributed by atoms with E-state index < -0.39 is 5.82 Å². The molecule has 5 rings (SSSR count). The van der Waals surface area contributed by atoms with Crippen molar-refractivity contribution in [2.75, 3.05) is 0 Å². The van der Waals surface area contributed by atoms with Crippen molar-refractivity contribution in [3.05, 3.63) is 102 Å². The number of azo groups is 1. The molecular formula is C24H16F2N6. The lowest BCUT2D eigenvalue weighted by Crippen LogP contribution is -2.04. The number of hydrogen-bond donors (Lipinski definition) is 0. The van der Waals surface area contributed by atoms with Gasteiger partial charge in [0.25, 0.3) is 0 Å². The van der Waals surface area contributed by atoms with Gasteiger partial charge in [0.15, 0.2) is 5.82 Å². The van der Waals surface area contributed by atoms with Crippen LogP contribution in [0.5, 0.6) is 0 Å². The highest BCUT2D eigenvalue weighted by atomic mass is 19.1. The molecule has 32 heavy (non-hydrogen) atoms. The van der Waals surface area contributed by atoms with Gasteiger partial charge in [0.05, 0.1) is 30.1 Å². The number of hydrogen-bond acceptors (Lipinski definition) is 5. The highest BCUT2D eigenvalue weighted by Gasteiger charge is 2.16. The van der Waals surface area contributed by atoms with E-state index >= 15 is 0 Å². The van der Waals surface area contributed by atoms with E-state index in [0.717, 1.165) is 5.69 Å². The zero-order chi connectivity index (χ0) is 21.9. The van der Waals surface area contributed by atoms with Gasteiger partial charge in [0, 0.05) is 10.9 Å². The van der Waals surface area contributed by atoms with Crippen molar-refractivity contribution in [3.8, 4) is 11.5 Å². The van der Waals surface area contributed by atoms with Gasteiger partial charge in [-0.15, -0.1) is 5.11 Å². The molecule has 0 radical (unpaired) electrons. The Kier molecular flexibility index (Phi) is 5.17. The van der Waals surface area contributed by atoms with E-state index in [2.05, 4.69) is 25.3 Å². The van der Waals surface area contributed by atoms with Crippen LogP contribution in [0.25, 0.3) is 22.4 Å². The summed E-state index contributed by atoms with van der Waals surface area (Å²) in [5, 5.41) is 13.5. The van der Waals surface area contributed by atoms with Crippen LogP contribution in [0, 0.1) is 11.6 Å². The molecule has 0 bridgehead atoms. The number of benzene rings is 3. The summed E-state index contributed by atoms with van der Waals surface area (Å²) in [5.74, 6) is -0.401. The second-order valence-corrected chi connectivity index (χ2v) is 7.06. The SMILES string of the molecule is Fc1ccc2c(-c3ncc(N=Nc4ccccc4)cn3)nn(Cc3ccccc3F)c2c1. The van der Waals surface area contributed by atoms with Crippen LogP contribution in [0.3, 0.4) is 0 Å². The Balaban J connectivity index is 1.50. The smallest absolute Gasteiger partial charge is 0.180 e. The fraction of sp³-hybridized carbons (Fsp3) is 0.0417. The Morgan fingerprint density at radius 1 is 0.781 bits per heavy atom. The van der Waals surface area contributed by atoms with Gasteiger partial charge >= 0.3 is 0 Å². The molecule has 3 aromatic carbocycles. The molecule has 5 aromatic rings. The van der Waals surface area contributed by atoms with E-state index in [-0.39, 0.29) is 12.4 Å². The number of nitrogens with zero attached hydrogens (tertiary/aromatic N) is 6. The van der Waals surface area contributed by atoms with Gasteiger partial charge in [-0.25, -0.2) is 18.7 Å². The largest absolute Gasteiger partial charge is 0.259 e. The summed E-state index contributed by atoms with van der Waals surface area (Å²) in [5.41, 5.74) is 2.66. The monoisotopic (exact) mass is 426 g/mol. The summed E-state index contributed by atoms with van der Waals surface area (Å²) >= 11 is 0. The first kappa shape index (κ1) is 19.6. The fourth-order valence-corrected chi connectivity index (χ4v) is 3.33. The van der Waals surface area contributed by atoms with E-state index in [1.165, 1.54) is 18.2 Å². The number of rotatable bonds is 5. The van der Waals surface area contributed by atoms with Crippen molar-refractivity contribution in [1.29, 1.82) is 0 Å². The third-order valence-corrected chi connectivity index (χ3v) is 4.88. The molecule has 0 N–H and O–H groups in total. The van der Waals surface area contributed by atoms with E-state index in [9.17, 15) is 8.78 Å². The van der Waals surface area contributed by atoms with Crippen LogP contribution in [-0.2, 0) is 6.54 Å². The molecule has 8 heteroatoms. The zero-order valence-corrected chi connectivity index (χ0v) is 16.7. The van der Waals surface area contributed by atoms with Crippen LogP contribution in [0.2, 0.25) is 0 Å². The van der Waals surface area contributed by atoms with E-state index in [4.69, 9.17) is 0 Å².